The quantitative estimate of drug-likeness (QED) is 0.865. The molecule has 1 amide bonds. The van der Waals surface area contributed by atoms with Crippen LogP contribution in [0.25, 0.3) is 0 Å². The van der Waals surface area contributed by atoms with Gasteiger partial charge in [0.05, 0.1) is 0 Å². The molecule has 0 saturated carbocycles. The zero-order valence-corrected chi connectivity index (χ0v) is 12.3. The molecule has 0 radical (unpaired) electrons. The van der Waals surface area contributed by atoms with Crippen molar-refractivity contribution in [2.75, 3.05) is 17.7 Å². The molecule has 0 fully saturated rings. The lowest BCUT2D eigenvalue weighted by molar-refractivity contribution is 0.0991. The molecule has 19 heavy (non-hydrogen) atoms. The minimum atomic E-state index is -0.135. The molecule has 1 aromatic carbocycles. The Bertz CT molecular complexity index is 614. The number of hydrogen-bond donors (Lipinski definition) is 1. The van der Waals surface area contributed by atoms with Gasteiger partial charge in [-0.2, -0.15) is 0 Å². The van der Waals surface area contributed by atoms with E-state index in [0.717, 1.165) is 10.0 Å². The SMILES string of the molecule is Cc1c(N)cc(Br)cc1C(=O)N(C)c1ccccn1. The van der Waals surface area contributed by atoms with E-state index in [-0.39, 0.29) is 5.91 Å². The van der Waals surface area contributed by atoms with Gasteiger partial charge in [-0.1, -0.05) is 22.0 Å². The van der Waals surface area contributed by atoms with Crippen LogP contribution in [-0.2, 0) is 0 Å². The highest BCUT2D eigenvalue weighted by Crippen LogP contribution is 2.24. The zero-order valence-electron chi connectivity index (χ0n) is 10.7. The Morgan fingerprint density at radius 2 is 2.11 bits per heavy atom. The van der Waals surface area contributed by atoms with Gasteiger partial charge in [0, 0.05) is 29.0 Å². The summed E-state index contributed by atoms with van der Waals surface area (Å²) in [5.41, 5.74) is 7.82. The van der Waals surface area contributed by atoms with Gasteiger partial charge >= 0.3 is 0 Å². The highest BCUT2D eigenvalue weighted by atomic mass is 79.9. The summed E-state index contributed by atoms with van der Waals surface area (Å²) in [5, 5.41) is 0. The summed E-state index contributed by atoms with van der Waals surface area (Å²) in [6.07, 6.45) is 1.65. The fraction of sp³-hybridized carbons (Fsp3) is 0.143. The number of nitrogens with zero attached hydrogens (tertiary/aromatic N) is 2. The first-order chi connectivity index (χ1) is 9.00. The van der Waals surface area contributed by atoms with Crippen molar-refractivity contribution >= 4 is 33.3 Å². The number of hydrogen-bond acceptors (Lipinski definition) is 3. The van der Waals surface area contributed by atoms with Gasteiger partial charge in [-0.15, -0.1) is 0 Å². The molecule has 0 unspecified atom stereocenters. The normalized spacial score (nSPS) is 10.3. The van der Waals surface area contributed by atoms with Crippen molar-refractivity contribution in [3.8, 4) is 0 Å². The number of anilines is 2. The van der Waals surface area contributed by atoms with Crippen LogP contribution in [0.1, 0.15) is 15.9 Å². The third kappa shape index (κ3) is 2.76. The Kier molecular flexibility index (Phi) is 3.85. The molecular weight excluding hydrogens is 306 g/mol. The molecule has 0 bridgehead atoms. The van der Waals surface area contributed by atoms with E-state index in [1.165, 1.54) is 4.90 Å². The van der Waals surface area contributed by atoms with Crippen LogP contribution in [0.3, 0.4) is 0 Å². The standard InChI is InChI=1S/C14H14BrN3O/c1-9-11(7-10(15)8-12(9)16)14(19)18(2)13-5-3-4-6-17-13/h3-8H,16H2,1-2H3. The minimum absolute atomic E-state index is 0.135. The number of amides is 1. The molecule has 2 aromatic rings. The summed E-state index contributed by atoms with van der Waals surface area (Å²) in [6, 6.07) is 8.99. The van der Waals surface area contributed by atoms with E-state index in [1.807, 2.05) is 19.1 Å². The molecule has 2 N–H and O–H groups in total. The maximum atomic E-state index is 12.5. The third-order valence-corrected chi connectivity index (χ3v) is 3.40. The van der Waals surface area contributed by atoms with Crippen molar-refractivity contribution in [3.05, 3.63) is 52.1 Å². The van der Waals surface area contributed by atoms with Crippen molar-refractivity contribution in [3.63, 3.8) is 0 Å². The average molecular weight is 320 g/mol. The van der Waals surface area contributed by atoms with Crippen molar-refractivity contribution < 1.29 is 4.79 Å². The molecule has 5 heteroatoms. The van der Waals surface area contributed by atoms with Crippen molar-refractivity contribution in [2.24, 2.45) is 0 Å². The summed E-state index contributed by atoms with van der Waals surface area (Å²) < 4.78 is 0.786. The molecule has 0 saturated heterocycles. The van der Waals surface area contributed by atoms with Crippen LogP contribution in [0.5, 0.6) is 0 Å². The molecule has 0 atom stereocenters. The lowest BCUT2D eigenvalue weighted by Gasteiger charge is -2.18. The number of rotatable bonds is 2. The van der Waals surface area contributed by atoms with E-state index >= 15 is 0 Å². The Morgan fingerprint density at radius 1 is 1.37 bits per heavy atom. The van der Waals surface area contributed by atoms with Crippen molar-refractivity contribution in [1.82, 2.24) is 4.98 Å². The molecule has 1 aromatic heterocycles. The smallest absolute Gasteiger partial charge is 0.259 e. The van der Waals surface area contributed by atoms with Crippen LogP contribution in [-0.4, -0.2) is 17.9 Å². The van der Waals surface area contributed by atoms with E-state index in [1.54, 1.807) is 31.4 Å². The number of pyridine rings is 1. The molecule has 4 nitrogen and oxygen atoms in total. The fourth-order valence-corrected chi connectivity index (χ4v) is 2.23. The van der Waals surface area contributed by atoms with E-state index in [4.69, 9.17) is 5.73 Å². The molecule has 0 aliphatic rings. The lowest BCUT2D eigenvalue weighted by Crippen LogP contribution is -2.27. The molecule has 1 heterocycles. The van der Waals surface area contributed by atoms with Gasteiger partial charge in [0.1, 0.15) is 5.82 Å². The van der Waals surface area contributed by atoms with Crippen LogP contribution in [0.2, 0.25) is 0 Å². The van der Waals surface area contributed by atoms with Crippen LogP contribution in [0, 0.1) is 6.92 Å². The summed E-state index contributed by atoms with van der Waals surface area (Å²) in [6.45, 7) is 1.83. The first-order valence-electron chi connectivity index (χ1n) is 5.75. The fourth-order valence-electron chi connectivity index (χ4n) is 1.76. The monoisotopic (exact) mass is 319 g/mol. The molecular formula is C14H14BrN3O. The van der Waals surface area contributed by atoms with Crippen molar-refractivity contribution in [1.29, 1.82) is 0 Å². The predicted molar refractivity (Wildman–Crippen MR) is 80.3 cm³/mol. The van der Waals surface area contributed by atoms with Gasteiger partial charge in [-0.3, -0.25) is 9.69 Å². The van der Waals surface area contributed by atoms with Gasteiger partial charge in [0.15, 0.2) is 0 Å². The minimum Gasteiger partial charge on any atom is -0.398 e. The van der Waals surface area contributed by atoms with Crippen molar-refractivity contribution in [2.45, 2.75) is 6.92 Å². The largest absolute Gasteiger partial charge is 0.398 e. The molecule has 0 aliphatic carbocycles. The first-order valence-corrected chi connectivity index (χ1v) is 6.54. The summed E-state index contributed by atoms with van der Waals surface area (Å²) >= 11 is 3.35. The lowest BCUT2D eigenvalue weighted by atomic mass is 10.1. The molecule has 0 spiro atoms. The Balaban J connectivity index is 2.40. The number of halogens is 1. The Hall–Kier alpha value is -1.88. The van der Waals surface area contributed by atoms with Crippen LogP contribution < -0.4 is 10.6 Å². The highest BCUT2D eigenvalue weighted by molar-refractivity contribution is 9.10. The third-order valence-electron chi connectivity index (χ3n) is 2.94. The topological polar surface area (TPSA) is 59.2 Å². The summed E-state index contributed by atoms with van der Waals surface area (Å²) in [5.74, 6) is 0.467. The van der Waals surface area contributed by atoms with Gasteiger partial charge in [0.25, 0.3) is 5.91 Å². The van der Waals surface area contributed by atoms with E-state index in [0.29, 0.717) is 17.1 Å². The van der Waals surface area contributed by atoms with Gasteiger partial charge < -0.3 is 5.73 Å². The summed E-state index contributed by atoms with van der Waals surface area (Å²) in [4.78, 5) is 18.1. The van der Waals surface area contributed by atoms with E-state index in [9.17, 15) is 4.79 Å². The van der Waals surface area contributed by atoms with E-state index in [2.05, 4.69) is 20.9 Å². The first kappa shape index (κ1) is 13.5. The number of aromatic nitrogens is 1. The van der Waals surface area contributed by atoms with Crippen LogP contribution in [0.4, 0.5) is 11.5 Å². The van der Waals surface area contributed by atoms with Crippen LogP contribution >= 0.6 is 15.9 Å². The molecule has 98 valence electrons. The van der Waals surface area contributed by atoms with E-state index < -0.39 is 0 Å². The predicted octanol–water partition coefficient (Wildman–Crippen LogP) is 3.01. The maximum absolute atomic E-state index is 12.5. The molecule has 0 aliphatic heterocycles. The van der Waals surface area contributed by atoms with Gasteiger partial charge in [0.2, 0.25) is 0 Å². The number of benzene rings is 1. The highest BCUT2D eigenvalue weighted by Gasteiger charge is 2.18. The number of nitrogens with two attached hydrogens (primary N) is 1. The second kappa shape index (κ2) is 5.40. The van der Waals surface area contributed by atoms with Crippen LogP contribution in [0.15, 0.2) is 41.0 Å². The number of carbonyl (C=O) groups is 1. The summed E-state index contributed by atoms with van der Waals surface area (Å²) in [7, 11) is 1.70. The Morgan fingerprint density at radius 3 is 2.74 bits per heavy atom. The zero-order chi connectivity index (χ0) is 14.0. The van der Waals surface area contributed by atoms with Gasteiger partial charge in [-0.05, 0) is 36.8 Å². The second-order valence-corrected chi connectivity index (χ2v) is 5.14. The average Bonchev–Trinajstić information content (AvgIpc) is 2.42. The number of carbonyl (C=O) groups excluding carboxylic acids is 1. The second-order valence-electron chi connectivity index (χ2n) is 4.22. The Labute approximate surface area is 120 Å². The van der Waals surface area contributed by atoms with Gasteiger partial charge in [-0.25, -0.2) is 4.98 Å². The molecule has 2 rings (SSSR count). The maximum Gasteiger partial charge on any atom is 0.259 e. The number of nitrogen functional groups attached to an aromatic ring is 1.